The zero-order valence-corrected chi connectivity index (χ0v) is 18.8. The predicted molar refractivity (Wildman–Crippen MR) is 121 cm³/mol. The number of methoxy groups -OCH3 is 1. The van der Waals surface area contributed by atoms with Gasteiger partial charge >= 0.3 is 6.03 Å². The van der Waals surface area contributed by atoms with E-state index < -0.39 is 17.5 Å². The zero-order valence-electron chi connectivity index (χ0n) is 18.0. The summed E-state index contributed by atoms with van der Waals surface area (Å²) in [5, 5.41) is 3.41. The molecule has 2 aromatic rings. The number of benzene rings is 2. The third-order valence-electron chi connectivity index (χ3n) is 6.06. The summed E-state index contributed by atoms with van der Waals surface area (Å²) in [6.45, 7) is 3.72. The fourth-order valence-electron chi connectivity index (χ4n) is 4.06. The molecule has 0 saturated carbocycles. The van der Waals surface area contributed by atoms with E-state index in [9.17, 15) is 14.4 Å². The van der Waals surface area contributed by atoms with E-state index >= 15 is 0 Å². The molecular formula is C23H25ClN4O4. The molecule has 2 aliphatic heterocycles. The Balaban J connectivity index is 1.38. The molecule has 9 heteroatoms. The van der Waals surface area contributed by atoms with Gasteiger partial charge in [-0.05, 0) is 48.9 Å². The average molecular weight is 457 g/mol. The fraction of sp³-hybridized carbons (Fsp3) is 0.348. The number of anilines is 1. The zero-order chi connectivity index (χ0) is 22.9. The van der Waals surface area contributed by atoms with Gasteiger partial charge in [0.05, 0.1) is 7.11 Å². The van der Waals surface area contributed by atoms with Crippen LogP contribution in [0.5, 0.6) is 5.75 Å². The molecule has 4 amide bonds. The van der Waals surface area contributed by atoms with Crippen molar-refractivity contribution in [3.8, 4) is 5.75 Å². The Morgan fingerprint density at radius 2 is 1.66 bits per heavy atom. The molecule has 1 unspecified atom stereocenters. The normalized spacial score (nSPS) is 21.0. The van der Waals surface area contributed by atoms with Crippen LogP contribution in [0.25, 0.3) is 0 Å². The van der Waals surface area contributed by atoms with Crippen LogP contribution in [0.15, 0.2) is 48.5 Å². The van der Waals surface area contributed by atoms with Gasteiger partial charge in [0.1, 0.15) is 17.8 Å². The molecule has 2 saturated heterocycles. The maximum atomic E-state index is 13.1. The van der Waals surface area contributed by atoms with Gasteiger partial charge in [0.15, 0.2) is 0 Å². The molecule has 0 spiro atoms. The van der Waals surface area contributed by atoms with E-state index in [2.05, 4.69) is 10.2 Å². The third kappa shape index (κ3) is 4.10. The first-order valence-electron chi connectivity index (χ1n) is 10.4. The van der Waals surface area contributed by atoms with E-state index in [0.717, 1.165) is 10.6 Å². The molecule has 8 nitrogen and oxygen atoms in total. The van der Waals surface area contributed by atoms with Crippen molar-refractivity contribution in [3.63, 3.8) is 0 Å². The Kier molecular flexibility index (Phi) is 5.97. The van der Waals surface area contributed by atoms with Gasteiger partial charge in [-0.15, -0.1) is 0 Å². The van der Waals surface area contributed by atoms with Crippen LogP contribution in [-0.4, -0.2) is 67.5 Å². The molecule has 0 bridgehead atoms. The summed E-state index contributed by atoms with van der Waals surface area (Å²) < 4.78 is 5.15. The number of amides is 4. The summed E-state index contributed by atoms with van der Waals surface area (Å²) in [7, 11) is 1.56. The monoisotopic (exact) mass is 456 g/mol. The second kappa shape index (κ2) is 8.70. The minimum Gasteiger partial charge on any atom is -0.497 e. The molecule has 2 aromatic carbocycles. The lowest BCUT2D eigenvalue weighted by Crippen LogP contribution is -2.52. The van der Waals surface area contributed by atoms with Crippen molar-refractivity contribution in [2.75, 3.05) is 44.7 Å². The predicted octanol–water partition coefficient (Wildman–Crippen LogP) is 2.46. The lowest BCUT2D eigenvalue weighted by molar-refractivity contribution is -0.139. The van der Waals surface area contributed by atoms with Crippen LogP contribution in [-0.2, 0) is 15.1 Å². The Morgan fingerprint density at radius 3 is 2.25 bits per heavy atom. The number of ether oxygens (including phenoxy) is 1. The summed E-state index contributed by atoms with van der Waals surface area (Å²) in [5.41, 5.74) is 0.450. The Bertz CT molecular complexity index is 1020. The molecule has 4 rings (SSSR count). The summed E-state index contributed by atoms with van der Waals surface area (Å²) in [4.78, 5) is 43.4. The maximum Gasteiger partial charge on any atom is 0.325 e. The number of nitrogens with one attached hydrogen (secondary N) is 1. The number of urea groups is 1. The first-order chi connectivity index (χ1) is 15.3. The Hall–Kier alpha value is -3.26. The molecule has 168 valence electrons. The van der Waals surface area contributed by atoms with Gasteiger partial charge in [-0.3, -0.25) is 14.5 Å². The fourth-order valence-corrected chi connectivity index (χ4v) is 4.19. The molecule has 2 heterocycles. The second-order valence-corrected chi connectivity index (χ2v) is 8.46. The first-order valence-corrected chi connectivity index (χ1v) is 10.8. The highest BCUT2D eigenvalue weighted by Crippen LogP contribution is 2.30. The van der Waals surface area contributed by atoms with Crippen molar-refractivity contribution >= 4 is 35.1 Å². The van der Waals surface area contributed by atoms with Crippen LogP contribution in [0.1, 0.15) is 12.5 Å². The molecule has 0 aromatic heterocycles. The number of rotatable bonds is 5. The molecule has 1 N–H and O–H groups in total. The summed E-state index contributed by atoms with van der Waals surface area (Å²) >= 11 is 5.95. The van der Waals surface area contributed by atoms with Crippen LogP contribution < -0.4 is 15.0 Å². The van der Waals surface area contributed by atoms with Gasteiger partial charge in [-0.2, -0.15) is 0 Å². The molecule has 0 radical (unpaired) electrons. The van der Waals surface area contributed by atoms with Crippen molar-refractivity contribution in [3.05, 3.63) is 59.1 Å². The number of carbonyl (C=O) groups is 3. The van der Waals surface area contributed by atoms with Crippen LogP contribution >= 0.6 is 11.6 Å². The van der Waals surface area contributed by atoms with Crippen molar-refractivity contribution in [1.29, 1.82) is 0 Å². The van der Waals surface area contributed by atoms with E-state index in [1.165, 1.54) is 0 Å². The van der Waals surface area contributed by atoms with E-state index in [-0.39, 0.29) is 12.5 Å². The topological polar surface area (TPSA) is 82.2 Å². The van der Waals surface area contributed by atoms with E-state index in [1.54, 1.807) is 43.2 Å². The van der Waals surface area contributed by atoms with E-state index in [0.29, 0.717) is 42.5 Å². The number of hydrogen-bond acceptors (Lipinski definition) is 5. The molecule has 32 heavy (non-hydrogen) atoms. The number of hydrogen-bond donors (Lipinski definition) is 1. The number of nitrogens with zero attached hydrogens (tertiary/aromatic N) is 3. The smallest absolute Gasteiger partial charge is 0.325 e. The van der Waals surface area contributed by atoms with Crippen molar-refractivity contribution in [2.24, 2.45) is 0 Å². The van der Waals surface area contributed by atoms with Gasteiger partial charge in [0.25, 0.3) is 5.91 Å². The number of carbonyl (C=O) groups excluding carboxylic acids is 3. The SMILES string of the molecule is COc1ccc(C2(C)NC(=O)N(CC(=O)N3CCN(c4ccc(Cl)cc4)CC3)C2=O)cc1. The average Bonchev–Trinajstić information content (AvgIpc) is 3.03. The number of piperazine rings is 1. The second-order valence-electron chi connectivity index (χ2n) is 8.02. The Labute approximate surface area is 191 Å². The lowest BCUT2D eigenvalue weighted by atomic mass is 9.92. The van der Waals surface area contributed by atoms with Gasteiger partial charge in [-0.1, -0.05) is 23.7 Å². The Morgan fingerprint density at radius 1 is 1.03 bits per heavy atom. The molecule has 2 aliphatic rings. The minimum atomic E-state index is -1.23. The largest absolute Gasteiger partial charge is 0.497 e. The summed E-state index contributed by atoms with van der Waals surface area (Å²) in [5.74, 6) is -0.0389. The minimum absolute atomic E-state index is 0.247. The number of halogens is 1. The lowest BCUT2D eigenvalue weighted by Gasteiger charge is -2.36. The molecule has 1 atom stereocenters. The van der Waals surface area contributed by atoms with Crippen LogP contribution in [0, 0.1) is 0 Å². The van der Waals surface area contributed by atoms with Gasteiger partial charge in [-0.25, -0.2) is 4.79 Å². The standard InChI is InChI=1S/C23H25ClN4O4/c1-23(16-3-9-19(32-2)10-4-16)21(30)28(22(31)25-23)15-20(29)27-13-11-26(12-14-27)18-7-5-17(24)6-8-18/h3-10H,11-15H2,1-2H3,(H,25,31). The molecule has 2 fully saturated rings. The van der Waals surface area contributed by atoms with Gasteiger partial charge in [0.2, 0.25) is 5.91 Å². The van der Waals surface area contributed by atoms with E-state index in [1.807, 2.05) is 24.3 Å². The van der Waals surface area contributed by atoms with Crippen LogP contribution in [0.4, 0.5) is 10.5 Å². The highest BCUT2D eigenvalue weighted by molar-refractivity contribution is 6.30. The number of imide groups is 1. The van der Waals surface area contributed by atoms with Crippen molar-refractivity contribution in [1.82, 2.24) is 15.1 Å². The van der Waals surface area contributed by atoms with Gasteiger partial charge < -0.3 is 19.9 Å². The molecule has 0 aliphatic carbocycles. The van der Waals surface area contributed by atoms with E-state index in [4.69, 9.17) is 16.3 Å². The van der Waals surface area contributed by atoms with Crippen LogP contribution in [0.2, 0.25) is 5.02 Å². The molecular weight excluding hydrogens is 432 g/mol. The third-order valence-corrected chi connectivity index (χ3v) is 6.31. The summed E-state index contributed by atoms with van der Waals surface area (Å²) in [6, 6.07) is 13.9. The first kappa shape index (κ1) is 22.0. The van der Waals surface area contributed by atoms with Crippen molar-refractivity contribution in [2.45, 2.75) is 12.5 Å². The quantitative estimate of drug-likeness (QED) is 0.699. The maximum absolute atomic E-state index is 13.1. The van der Waals surface area contributed by atoms with Crippen molar-refractivity contribution < 1.29 is 19.1 Å². The van der Waals surface area contributed by atoms with Gasteiger partial charge in [0, 0.05) is 36.9 Å². The highest BCUT2D eigenvalue weighted by Gasteiger charge is 2.49. The highest BCUT2D eigenvalue weighted by atomic mass is 35.5. The summed E-state index contributed by atoms with van der Waals surface area (Å²) in [6.07, 6.45) is 0. The van der Waals surface area contributed by atoms with Crippen LogP contribution in [0.3, 0.4) is 0 Å².